The third kappa shape index (κ3) is 3.54. The Morgan fingerprint density at radius 2 is 1.95 bits per heavy atom. The Morgan fingerprint density at radius 3 is 2.55 bits per heavy atom. The zero-order valence-corrected chi connectivity index (χ0v) is 13.8. The second kappa shape index (κ2) is 7.32. The first-order valence-corrected chi connectivity index (χ1v) is 7.41. The summed E-state index contributed by atoms with van der Waals surface area (Å²) < 4.78 is 19.6. The summed E-state index contributed by atoms with van der Waals surface area (Å²) >= 11 is 5.91. The van der Waals surface area contributed by atoms with Crippen molar-refractivity contribution in [3.63, 3.8) is 0 Å². The standard InChI is InChI=1S/C17H17ClFNO.ClH/c1-11-4-2-3-5-16(11)21-17(13-9-20-10-13)12-6-7-15(19)14(18)8-12;/h2-8,13,17,20H,9-10H2,1H3;1H. The molecule has 1 unspecified atom stereocenters. The van der Waals surface area contributed by atoms with Crippen LogP contribution < -0.4 is 10.1 Å². The lowest BCUT2D eigenvalue weighted by Crippen LogP contribution is -2.46. The number of rotatable bonds is 4. The van der Waals surface area contributed by atoms with E-state index in [1.807, 2.05) is 31.2 Å². The first-order chi connectivity index (χ1) is 10.1. The predicted molar refractivity (Wildman–Crippen MR) is 89.6 cm³/mol. The molecule has 0 aromatic heterocycles. The third-order valence-corrected chi connectivity index (χ3v) is 4.15. The summed E-state index contributed by atoms with van der Waals surface area (Å²) in [5.74, 6) is 0.822. The lowest BCUT2D eigenvalue weighted by Gasteiger charge is -2.35. The van der Waals surface area contributed by atoms with Gasteiger partial charge in [0, 0.05) is 19.0 Å². The largest absolute Gasteiger partial charge is 0.485 e. The van der Waals surface area contributed by atoms with Crippen molar-refractivity contribution in [2.75, 3.05) is 13.1 Å². The van der Waals surface area contributed by atoms with Gasteiger partial charge in [0.15, 0.2) is 0 Å². The first kappa shape index (κ1) is 17.1. The summed E-state index contributed by atoms with van der Waals surface area (Å²) in [4.78, 5) is 0. The molecule has 2 aromatic carbocycles. The van der Waals surface area contributed by atoms with Gasteiger partial charge in [-0.2, -0.15) is 0 Å². The Kier molecular flexibility index (Phi) is 5.68. The van der Waals surface area contributed by atoms with Crippen LogP contribution in [-0.4, -0.2) is 13.1 Å². The number of hydrogen-bond acceptors (Lipinski definition) is 2. The van der Waals surface area contributed by atoms with Gasteiger partial charge < -0.3 is 10.1 Å². The van der Waals surface area contributed by atoms with E-state index in [4.69, 9.17) is 16.3 Å². The zero-order valence-electron chi connectivity index (χ0n) is 12.2. The number of halogens is 3. The lowest BCUT2D eigenvalue weighted by molar-refractivity contribution is 0.0985. The maximum absolute atomic E-state index is 13.4. The average molecular weight is 342 g/mol. The van der Waals surface area contributed by atoms with Gasteiger partial charge in [-0.3, -0.25) is 0 Å². The number of para-hydroxylation sites is 1. The highest BCUT2D eigenvalue weighted by Crippen LogP contribution is 2.33. The minimum absolute atomic E-state index is 0. The van der Waals surface area contributed by atoms with Crippen LogP contribution in [-0.2, 0) is 0 Å². The van der Waals surface area contributed by atoms with E-state index in [-0.39, 0.29) is 23.5 Å². The SMILES string of the molecule is Cc1ccccc1OC(c1ccc(F)c(Cl)c1)C1CNC1.Cl. The van der Waals surface area contributed by atoms with E-state index in [0.29, 0.717) is 5.92 Å². The molecule has 1 aliphatic rings. The first-order valence-electron chi connectivity index (χ1n) is 7.03. The van der Waals surface area contributed by atoms with E-state index in [2.05, 4.69) is 5.32 Å². The number of hydrogen-bond donors (Lipinski definition) is 1. The van der Waals surface area contributed by atoms with E-state index in [1.54, 1.807) is 12.1 Å². The molecule has 22 heavy (non-hydrogen) atoms. The van der Waals surface area contributed by atoms with Crippen molar-refractivity contribution < 1.29 is 9.13 Å². The molecule has 1 aliphatic heterocycles. The predicted octanol–water partition coefficient (Wildman–Crippen LogP) is 4.55. The molecule has 1 N–H and O–H groups in total. The lowest BCUT2D eigenvalue weighted by atomic mass is 9.90. The Morgan fingerprint density at radius 1 is 1.23 bits per heavy atom. The number of benzene rings is 2. The van der Waals surface area contributed by atoms with E-state index in [0.717, 1.165) is 30.0 Å². The molecular formula is C17H18Cl2FNO. The molecule has 0 aliphatic carbocycles. The van der Waals surface area contributed by atoms with Gasteiger partial charge in [0.05, 0.1) is 5.02 Å². The molecule has 1 atom stereocenters. The second-order valence-electron chi connectivity index (χ2n) is 5.40. The van der Waals surface area contributed by atoms with Crippen LogP contribution in [0.1, 0.15) is 17.2 Å². The van der Waals surface area contributed by atoms with Crippen LogP contribution >= 0.6 is 24.0 Å². The molecule has 2 aromatic rings. The van der Waals surface area contributed by atoms with E-state index < -0.39 is 5.82 Å². The Bertz CT molecular complexity index is 646. The van der Waals surface area contributed by atoms with Crippen LogP contribution in [0.15, 0.2) is 42.5 Å². The van der Waals surface area contributed by atoms with Crippen LogP contribution in [0.3, 0.4) is 0 Å². The third-order valence-electron chi connectivity index (χ3n) is 3.86. The van der Waals surface area contributed by atoms with Crippen molar-refractivity contribution in [2.24, 2.45) is 5.92 Å². The fourth-order valence-corrected chi connectivity index (χ4v) is 2.67. The molecule has 2 nitrogen and oxygen atoms in total. The highest BCUT2D eigenvalue weighted by molar-refractivity contribution is 6.30. The highest BCUT2D eigenvalue weighted by atomic mass is 35.5. The normalized spacial score (nSPS) is 15.6. The van der Waals surface area contributed by atoms with Gasteiger partial charge in [-0.05, 0) is 36.2 Å². The van der Waals surface area contributed by atoms with Crippen molar-refractivity contribution in [3.8, 4) is 5.75 Å². The summed E-state index contributed by atoms with van der Waals surface area (Å²) in [6, 6.07) is 12.7. The molecule has 5 heteroatoms. The number of aryl methyl sites for hydroxylation is 1. The molecule has 0 saturated carbocycles. The van der Waals surface area contributed by atoms with Crippen LogP contribution in [0.25, 0.3) is 0 Å². The molecule has 0 spiro atoms. The van der Waals surface area contributed by atoms with Gasteiger partial charge in [0.25, 0.3) is 0 Å². The maximum Gasteiger partial charge on any atom is 0.141 e. The van der Waals surface area contributed by atoms with Crippen molar-refractivity contribution >= 4 is 24.0 Å². The molecule has 0 radical (unpaired) electrons. The smallest absolute Gasteiger partial charge is 0.141 e. The number of nitrogens with one attached hydrogen (secondary N) is 1. The fourth-order valence-electron chi connectivity index (χ4n) is 2.48. The van der Waals surface area contributed by atoms with Crippen molar-refractivity contribution in [1.29, 1.82) is 0 Å². The topological polar surface area (TPSA) is 21.3 Å². The molecule has 0 bridgehead atoms. The van der Waals surface area contributed by atoms with Crippen molar-refractivity contribution in [3.05, 3.63) is 64.4 Å². The second-order valence-corrected chi connectivity index (χ2v) is 5.80. The minimum atomic E-state index is -0.401. The molecule has 1 fully saturated rings. The van der Waals surface area contributed by atoms with Crippen molar-refractivity contribution in [1.82, 2.24) is 5.32 Å². The van der Waals surface area contributed by atoms with Crippen LogP contribution in [0, 0.1) is 18.7 Å². The molecule has 1 saturated heterocycles. The minimum Gasteiger partial charge on any atom is -0.485 e. The summed E-state index contributed by atoms with van der Waals surface area (Å²) in [5.41, 5.74) is 2.00. The van der Waals surface area contributed by atoms with Gasteiger partial charge in [0.2, 0.25) is 0 Å². The van der Waals surface area contributed by atoms with Gasteiger partial charge in [-0.1, -0.05) is 35.9 Å². The van der Waals surface area contributed by atoms with E-state index in [1.165, 1.54) is 6.07 Å². The summed E-state index contributed by atoms with van der Waals surface area (Å²) in [7, 11) is 0. The van der Waals surface area contributed by atoms with Crippen molar-refractivity contribution in [2.45, 2.75) is 13.0 Å². The number of ether oxygens (including phenoxy) is 1. The highest BCUT2D eigenvalue weighted by Gasteiger charge is 2.30. The average Bonchev–Trinajstić information content (AvgIpc) is 2.41. The Labute approximate surface area is 141 Å². The summed E-state index contributed by atoms with van der Waals surface area (Å²) in [5, 5.41) is 3.39. The zero-order chi connectivity index (χ0) is 14.8. The molecule has 3 rings (SSSR count). The quantitative estimate of drug-likeness (QED) is 0.880. The molecule has 0 amide bonds. The molecule has 118 valence electrons. The molecular weight excluding hydrogens is 324 g/mol. The Hall–Kier alpha value is -1.29. The van der Waals surface area contributed by atoms with E-state index in [9.17, 15) is 4.39 Å². The fraction of sp³-hybridized carbons (Fsp3) is 0.294. The summed E-state index contributed by atoms with van der Waals surface area (Å²) in [6.07, 6.45) is -0.120. The van der Waals surface area contributed by atoms with Crippen LogP contribution in [0.4, 0.5) is 4.39 Å². The summed E-state index contributed by atoms with van der Waals surface area (Å²) in [6.45, 7) is 3.81. The Balaban J connectivity index is 0.00000176. The maximum atomic E-state index is 13.4. The van der Waals surface area contributed by atoms with Gasteiger partial charge in [-0.15, -0.1) is 12.4 Å². The van der Waals surface area contributed by atoms with E-state index >= 15 is 0 Å². The van der Waals surface area contributed by atoms with Crippen LogP contribution in [0.2, 0.25) is 5.02 Å². The van der Waals surface area contributed by atoms with Gasteiger partial charge in [0.1, 0.15) is 17.7 Å². The van der Waals surface area contributed by atoms with Crippen LogP contribution in [0.5, 0.6) is 5.75 Å². The van der Waals surface area contributed by atoms with Gasteiger partial charge in [-0.25, -0.2) is 4.39 Å². The monoisotopic (exact) mass is 341 g/mol. The molecule has 1 heterocycles. The van der Waals surface area contributed by atoms with Gasteiger partial charge >= 0.3 is 0 Å².